The molecule has 15 nitrogen and oxygen atoms in total. The molecule has 4 rings (SSSR count). The number of amides is 2. The van der Waals surface area contributed by atoms with Gasteiger partial charge in [0.15, 0.2) is 5.69 Å². The Morgan fingerprint density at radius 2 is 1.68 bits per heavy atom. The molecule has 2 amide bonds. The van der Waals surface area contributed by atoms with E-state index in [1.165, 1.54) is 20.7 Å². The van der Waals surface area contributed by atoms with Gasteiger partial charge in [0.2, 0.25) is 17.4 Å². The first-order valence-corrected chi connectivity index (χ1v) is 14.6. The lowest BCUT2D eigenvalue weighted by Gasteiger charge is -2.38. The van der Waals surface area contributed by atoms with Crippen LogP contribution >= 0.6 is 0 Å². The minimum atomic E-state index is -1.20. The Balaban J connectivity index is 1.52. The van der Waals surface area contributed by atoms with Crippen molar-refractivity contribution in [2.45, 2.75) is 57.6 Å². The van der Waals surface area contributed by atoms with Gasteiger partial charge in [0.05, 0.1) is 32.0 Å². The number of benzene rings is 1. The predicted molar refractivity (Wildman–Crippen MR) is 152 cm³/mol. The van der Waals surface area contributed by atoms with Crippen LogP contribution in [-0.2, 0) is 28.7 Å². The Bertz CT molecular complexity index is 1340. The first-order chi connectivity index (χ1) is 21.2. The van der Waals surface area contributed by atoms with Crippen molar-refractivity contribution in [3.05, 3.63) is 42.1 Å². The molecule has 2 N–H and O–H groups in total. The van der Waals surface area contributed by atoms with Crippen molar-refractivity contribution in [2.24, 2.45) is 0 Å². The molecule has 1 atom stereocenters. The fraction of sp³-hybridized carbons (Fsp3) is 0.517. The summed E-state index contributed by atoms with van der Waals surface area (Å²) >= 11 is 0. The third-order valence-electron chi connectivity index (χ3n) is 7.29. The van der Waals surface area contributed by atoms with Gasteiger partial charge < -0.3 is 34.4 Å². The highest BCUT2D eigenvalue weighted by Gasteiger charge is 2.49. The second-order valence-corrected chi connectivity index (χ2v) is 10.3. The number of carbonyl (C=O) groups excluding carboxylic acids is 4. The minimum absolute atomic E-state index is 0.0945. The number of carbonyl (C=O) groups is 5. The molecular formula is C29H37N5O10. The number of hydrogen-bond donors (Lipinski definition) is 2. The SMILES string of the molecule is CCOC(=O)ON1CCN(C(=O)[C@H](CCC(=O)O)NC(=O)c2cc(OC3(C(=O)OCC)CCC3)n(-c3ccccc3)n2)CC1. The van der Waals surface area contributed by atoms with Crippen LogP contribution in [0.5, 0.6) is 5.88 Å². The number of carboxylic acid groups (broad SMARTS) is 1. The number of rotatable bonds is 13. The molecule has 0 bridgehead atoms. The molecule has 0 unspecified atom stereocenters. The summed E-state index contributed by atoms with van der Waals surface area (Å²) in [4.78, 5) is 69.2. The Morgan fingerprint density at radius 1 is 1.00 bits per heavy atom. The lowest BCUT2D eigenvalue weighted by Crippen LogP contribution is -2.55. The van der Waals surface area contributed by atoms with Gasteiger partial charge in [-0.1, -0.05) is 18.2 Å². The van der Waals surface area contributed by atoms with Gasteiger partial charge in [-0.3, -0.25) is 14.4 Å². The van der Waals surface area contributed by atoms with Crippen LogP contribution < -0.4 is 10.1 Å². The summed E-state index contributed by atoms with van der Waals surface area (Å²) in [6, 6.07) is 9.10. The lowest BCUT2D eigenvalue weighted by molar-refractivity contribution is -0.170. The van der Waals surface area contributed by atoms with Crippen LogP contribution in [0.3, 0.4) is 0 Å². The number of aliphatic carboxylic acids is 1. The molecule has 44 heavy (non-hydrogen) atoms. The van der Waals surface area contributed by atoms with Crippen molar-refractivity contribution in [3.63, 3.8) is 0 Å². The molecule has 2 fully saturated rings. The Labute approximate surface area is 253 Å². The second kappa shape index (κ2) is 14.7. The molecule has 2 aromatic rings. The predicted octanol–water partition coefficient (Wildman–Crippen LogP) is 1.93. The van der Waals surface area contributed by atoms with Crippen LogP contribution in [0.15, 0.2) is 36.4 Å². The number of aromatic nitrogens is 2. The van der Waals surface area contributed by atoms with Crippen molar-refractivity contribution in [2.75, 3.05) is 39.4 Å². The van der Waals surface area contributed by atoms with E-state index in [2.05, 4.69) is 10.4 Å². The highest BCUT2D eigenvalue weighted by molar-refractivity contribution is 5.96. The molecule has 1 aliphatic heterocycles. The third-order valence-corrected chi connectivity index (χ3v) is 7.29. The van der Waals surface area contributed by atoms with E-state index >= 15 is 0 Å². The van der Waals surface area contributed by atoms with Crippen LogP contribution in [-0.4, -0.2) is 106 Å². The molecule has 0 radical (unpaired) electrons. The molecule has 238 valence electrons. The standard InChI is InChI=1S/C29H37N5O10/c1-3-41-27(39)29(13-8-14-29)43-23-19-22(31-34(23)20-9-6-5-7-10-20)25(37)30-21(11-12-24(35)36)26(38)32-15-17-33(18-16-32)44-28(40)42-4-2/h5-7,9-10,19,21H,3-4,8,11-18H2,1-2H3,(H,30,37)(H,35,36)/t21-/m0/s1. The summed E-state index contributed by atoms with van der Waals surface area (Å²) in [7, 11) is 0. The summed E-state index contributed by atoms with van der Waals surface area (Å²) in [6.45, 7) is 4.46. The number of nitrogens with zero attached hydrogens (tertiary/aromatic N) is 4. The number of carboxylic acids is 1. The molecule has 1 saturated heterocycles. The van der Waals surface area contributed by atoms with E-state index in [9.17, 15) is 29.1 Å². The van der Waals surface area contributed by atoms with Gasteiger partial charge >= 0.3 is 18.1 Å². The number of hydroxylamine groups is 2. The summed E-state index contributed by atoms with van der Waals surface area (Å²) in [6.07, 6.45) is 0.282. The zero-order chi connectivity index (χ0) is 31.7. The fourth-order valence-corrected chi connectivity index (χ4v) is 4.84. The maximum atomic E-state index is 13.5. The normalized spacial score (nSPS) is 16.6. The minimum Gasteiger partial charge on any atom is -0.481 e. The molecule has 1 aromatic carbocycles. The Kier molecular flexibility index (Phi) is 10.8. The van der Waals surface area contributed by atoms with Crippen molar-refractivity contribution in [3.8, 4) is 11.6 Å². The lowest BCUT2D eigenvalue weighted by atomic mass is 9.80. The van der Waals surface area contributed by atoms with E-state index in [-0.39, 0.29) is 63.8 Å². The van der Waals surface area contributed by atoms with Crippen LogP contribution in [0.25, 0.3) is 5.69 Å². The molecule has 2 aliphatic rings. The number of para-hydroxylation sites is 1. The smallest absolute Gasteiger partial charge is 0.481 e. The number of hydrogen-bond acceptors (Lipinski definition) is 11. The van der Waals surface area contributed by atoms with Gasteiger partial charge in [-0.25, -0.2) is 14.3 Å². The zero-order valence-corrected chi connectivity index (χ0v) is 24.7. The summed E-state index contributed by atoms with van der Waals surface area (Å²) < 4.78 is 17.6. The summed E-state index contributed by atoms with van der Waals surface area (Å²) in [5.74, 6) is -2.69. The van der Waals surface area contributed by atoms with Crippen LogP contribution in [0, 0.1) is 0 Å². The van der Waals surface area contributed by atoms with E-state index in [0.717, 1.165) is 6.42 Å². The Morgan fingerprint density at radius 3 is 2.27 bits per heavy atom. The fourth-order valence-electron chi connectivity index (χ4n) is 4.84. The van der Waals surface area contributed by atoms with Gasteiger partial charge in [-0.2, -0.15) is 5.10 Å². The largest absolute Gasteiger partial charge is 0.527 e. The maximum absolute atomic E-state index is 13.5. The molecule has 1 saturated carbocycles. The molecule has 15 heteroatoms. The second-order valence-electron chi connectivity index (χ2n) is 10.3. The van der Waals surface area contributed by atoms with Gasteiger partial charge in [-0.05, 0) is 51.7 Å². The van der Waals surface area contributed by atoms with E-state index in [4.69, 9.17) is 19.0 Å². The number of piperazine rings is 1. The van der Waals surface area contributed by atoms with E-state index < -0.39 is 41.6 Å². The summed E-state index contributed by atoms with van der Waals surface area (Å²) in [5, 5.41) is 17.7. The molecule has 1 aromatic heterocycles. The molecule has 0 spiro atoms. The first-order valence-electron chi connectivity index (χ1n) is 14.6. The van der Waals surface area contributed by atoms with Gasteiger partial charge in [0, 0.05) is 25.6 Å². The Hall–Kier alpha value is -4.66. The topological polar surface area (TPSA) is 179 Å². The van der Waals surface area contributed by atoms with Crippen molar-refractivity contribution in [1.82, 2.24) is 25.1 Å². The molecule has 2 heterocycles. The van der Waals surface area contributed by atoms with Crippen LogP contribution in [0.4, 0.5) is 4.79 Å². The van der Waals surface area contributed by atoms with Crippen molar-refractivity contribution < 1.29 is 48.1 Å². The van der Waals surface area contributed by atoms with E-state index in [1.54, 1.807) is 38.1 Å². The number of ether oxygens (including phenoxy) is 3. The van der Waals surface area contributed by atoms with Gasteiger partial charge in [0.25, 0.3) is 5.91 Å². The van der Waals surface area contributed by atoms with Crippen LogP contribution in [0.1, 0.15) is 56.4 Å². The van der Waals surface area contributed by atoms with Gasteiger partial charge in [-0.15, -0.1) is 5.06 Å². The van der Waals surface area contributed by atoms with E-state index in [0.29, 0.717) is 18.5 Å². The third kappa shape index (κ3) is 7.83. The van der Waals surface area contributed by atoms with Crippen molar-refractivity contribution >= 4 is 29.9 Å². The number of esters is 1. The quantitative estimate of drug-likeness (QED) is 0.313. The first kappa shape index (κ1) is 32.3. The maximum Gasteiger partial charge on any atom is 0.527 e. The average Bonchev–Trinajstić information content (AvgIpc) is 3.41. The van der Waals surface area contributed by atoms with E-state index in [1.807, 2.05) is 6.07 Å². The monoisotopic (exact) mass is 615 g/mol. The molecule has 1 aliphatic carbocycles. The highest BCUT2D eigenvalue weighted by atomic mass is 16.8. The zero-order valence-electron chi connectivity index (χ0n) is 24.7. The van der Waals surface area contributed by atoms with Crippen LogP contribution in [0.2, 0.25) is 0 Å². The number of nitrogens with one attached hydrogen (secondary N) is 1. The van der Waals surface area contributed by atoms with Crippen molar-refractivity contribution in [1.29, 1.82) is 0 Å². The highest BCUT2D eigenvalue weighted by Crippen LogP contribution is 2.38. The van der Waals surface area contributed by atoms with Gasteiger partial charge in [0.1, 0.15) is 6.04 Å². The molecular weight excluding hydrogens is 578 g/mol. The summed E-state index contributed by atoms with van der Waals surface area (Å²) in [5.41, 5.74) is -0.723. The average molecular weight is 616 g/mol.